The van der Waals surface area contributed by atoms with E-state index in [0.717, 1.165) is 33.2 Å². The van der Waals surface area contributed by atoms with Gasteiger partial charge in [0.2, 0.25) is 17.7 Å². The van der Waals surface area contributed by atoms with Gasteiger partial charge in [-0.1, -0.05) is 35.6 Å². The van der Waals surface area contributed by atoms with Crippen LogP contribution in [0.15, 0.2) is 47.5 Å². The number of amides is 3. The molecule has 0 aliphatic carbocycles. The Hall–Kier alpha value is -5.07. The van der Waals surface area contributed by atoms with Crippen LogP contribution in [0.4, 0.5) is 5.69 Å². The number of halogens is 2. The van der Waals surface area contributed by atoms with Gasteiger partial charge in [-0.05, 0) is 75.9 Å². The van der Waals surface area contributed by atoms with Crippen LogP contribution in [-0.2, 0) is 14.4 Å². The summed E-state index contributed by atoms with van der Waals surface area (Å²) in [6, 6.07) is 11.4. The summed E-state index contributed by atoms with van der Waals surface area (Å²) in [7, 11) is 0. The van der Waals surface area contributed by atoms with Crippen molar-refractivity contribution >= 4 is 70.4 Å². The topological polar surface area (TPSA) is 185 Å². The van der Waals surface area contributed by atoms with Gasteiger partial charge in [-0.2, -0.15) is 0 Å². The van der Waals surface area contributed by atoms with Gasteiger partial charge in [0.25, 0.3) is 0 Å². The molecule has 1 atom stereocenters. The second-order valence-electron chi connectivity index (χ2n) is 13.3. The van der Waals surface area contributed by atoms with Crippen LogP contribution in [0.25, 0.3) is 5.00 Å². The smallest absolute Gasteiger partial charge is 0.336 e. The van der Waals surface area contributed by atoms with Crippen LogP contribution < -0.4 is 16.4 Å². The zero-order chi connectivity index (χ0) is 38.5. The van der Waals surface area contributed by atoms with E-state index in [1.807, 2.05) is 35.8 Å². The van der Waals surface area contributed by atoms with E-state index in [9.17, 15) is 24.3 Å². The fourth-order valence-corrected chi connectivity index (χ4v) is 8.04. The third-order valence-electron chi connectivity index (χ3n) is 9.68. The number of piperidine rings is 1. The number of carbonyl (C=O) groups is 4. The van der Waals surface area contributed by atoms with Crippen LogP contribution in [0.2, 0.25) is 5.02 Å². The molecule has 3 amide bonds. The number of aromatic nitrogens is 3. The average Bonchev–Trinajstić information content (AvgIpc) is 3.64. The molecular formula is C39H42Cl2N8O5S. The number of carboxylic acids is 1. The molecule has 4 aromatic rings. The third-order valence-corrected chi connectivity index (χ3v) is 11.1. The van der Waals surface area contributed by atoms with E-state index < -0.39 is 12.0 Å². The van der Waals surface area contributed by atoms with Crippen molar-refractivity contribution in [3.05, 3.63) is 91.8 Å². The molecule has 13 nitrogen and oxygen atoms in total. The van der Waals surface area contributed by atoms with Crippen LogP contribution in [0.1, 0.15) is 87.3 Å². The van der Waals surface area contributed by atoms with Gasteiger partial charge >= 0.3 is 5.97 Å². The van der Waals surface area contributed by atoms with Crippen molar-refractivity contribution in [3.63, 3.8) is 0 Å². The highest BCUT2D eigenvalue weighted by Crippen LogP contribution is 2.40. The Morgan fingerprint density at radius 1 is 1.05 bits per heavy atom. The minimum Gasteiger partial charge on any atom is -0.478 e. The highest BCUT2D eigenvalue weighted by atomic mass is 35.5. The number of benzene rings is 2. The first-order valence-corrected chi connectivity index (χ1v) is 18.9. The lowest BCUT2D eigenvalue weighted by Crippen LogP contribution is -2.43. The Kier molecular flexibility index (Phi) is 13.5. The zero-order valence-corrected chi connectivity index (χ0v) is 33.0. The minimum atomic E-state index is -1.12. The highest BCUT2D eigenvalue weighted by molar-refractivity contribution is 7.15. The van der Waals surface area contributed by atoms with Crippen LogP contribution in [0, 0.1) is 38.5 Å². The summed E-state index contributed by atoms with van der Waals surface area (Å²) in [5.74, 6) is 4.89. The number of nitrogens with zero attached hydrogens (tertiary/aromatic N) is 5. The number of nitrogens with one attached hydrogen (secondary N) is 2. The number of fused-ring (bicyclic) bond motifs is 3. The normalized spacial score (nSPS) is 15.0. The molecule has 2 aromatic carbocycles. The number of aromatic carboxylic acids is 1. The fourth-order valence-electron chi connectivity index (χ4n) is 6.70. The number of nitrogens with two attached hydrogens (primary N) is 1. The molecule has 2 aliphatic rings. The quantitative estimate of drug-likeness (QED) is 0.121. The van der Waals surface area contributed by atoms with Crippen molar-refractivity contribution in [2.24, 2.45) is 16.6 Å². The number of rotatable bonds is 10. The van der Waals surface area contributed by atoms with Crippen molar-refractivity contribution < 1.29 is 24.3 Å². The standard InChI is InChI=1S/C39H41ClN8O5S.ClH/c1-22-23(2)54-38-34(22)35(25-8-10-28(40)11-9-25)44-31(36-46-45-24(3)48(36)38)21-33(50)47-18-14-26(15-19-47)37(51)42-17-5-7-32(49)43-29-12-13-30(39(52)53)27(20-29)6-4-16-41;/h8-13,20,26,31H,5,7,14-19,21,41H2,1-3H3,(H,42,51)(H,43,49)(H,52,53);1H/t31-;/m0./s1. The molecule has 55 heavy (non-hydrogen) atoms. The summed E-state index contributed by atoms with van der Waals surface area (Å²) in [4.78, 5) is 59.0. The Balaban J connectivity index is 0.00000580. The first-order valence-electron chi connectivity index (χ1n) is 17.7. The maximum Gasteiger partial charge on any atom is 0.336 e. The van der Waals surface area contributed by atoms with Gasteiger partial charge in [0, 0.05) is 64.3 Å². The molecule has 2 aromatic heterocycles. The Labute approximate surface area is 334 Å². The maximum atomic E-state index is 13.8. The molecule has 16 heteroatoms. The number of thiophene rings is 1. The van der Waals surface area contributed by atoms with Gasteiger partial charge in [0.05, 0.1) is 24.2 Å². The first-order chi connectivity index (χ1) is 25.9. The third kappa shape index (κ3) is 9.25. The van der Waals surface area contributed by atoms with Crippen LogP contribution in [0.5, 0.6) is 0 Å². The Morgan fingerprint density at radius 3 is 2.47 bits per heavy atom. The number of likely N-dealkylation sites (tertiary alicyclic amines) is 1. The predicted molar refractivity (Wildman–Crippen MR) is 215 cm³/mol. The highest BCUT2D eigenvalue weighted by Gasteiger charge is 2.34. The van der Waals surface area contributed by atoms with E-state index >= 15 is 0 Å². The maximum absolute atomic E-state index is 13.8. The number of hydrogen-bond donors (Lipinski definition) is 4. The van der Waals surface area contributed by atoms with Crippen LogP contribution >= 0.6 is 35.3 Å². The summed E-state index contributed by atoms with van der Waals surface area (Å²) in [6.45, 7) is 7.34. The number of aliphatic imine (C=N–C) groups is 1. The lowest BCUT2D eigenvalue weighted by Gasteiger charge is -2.32. The summed E-state index contributed by atoms with van der Waals surface area (Å²) in [5.41, 5.74) is 9.92. The van der Waals surface area contributed by atoms with Crippen molar-refractivity contribution in [1.29, 1.82) is 0 Å². The van der Waals surface area contributed by atoms with Crippen molar-refractivity contribution in [1.82, 2.24) is 25.0 Å². The predicted octanol–water partition coefficient (Wildman–Crippen LogP) is 5.39. The summed E-state index contributed by atoms with van der Waals surface area (Å²) in [5, 5.41) is 25.6. The van der Waals surface area contributed by atoms with Crippen molar-refractivity contribution in [3.8, 4) is 16.8 Å². The SMILES string of the molecule is Cc1sc2c(c1C)C(c1ccc(Cl)cc1)=N[C@@H](CC(=O)N1CCC(C(=O)NCCCC(=O)Nc3ccc(C(=O)O)c(C#CCN)c3)CC1)c1nnc(C)n1-2.Cl. The number of carboxylic acid groups (broad SMARTS) is 1. The molecular weight excluding hydrogens is 763 g/mol. The van der Waals surface area contributed by atoms with Gasteiger partial charge in [0.15, 0.2) is 5.82 Å². The molecule has 6 rings (SSSR count). The van der Waals surface area contributed by atoms with Gasteiger partial charge in [-0.3, -0.25) is 23.9 Å². The summed E-state index contributed by atoms with van der Waals surface area (Å²) in [6.07, 6.45) is 1.72. The van der Waals surface area contributed by atoms with Gasteiger partial charge in [-0.15, -0.1) is 33.9 Å². The fraction of sp³-hybridized carbons (Fsp3) is 0.359. The first kappa shape index (κ1) is 41.1. The molecule has 288 valence electrons. The molecule has 0 bridgehead atoms. The van der Waals surface area contributed by atoms with Gasteiger partial charge in [-0.25, -0.2) is 4.79 Å². The van der Waals surface area contributed by atoms with Crippen molar-refractivity contribution in [2.75, 3.05) is 31.5 Å². The second kappa shape index (κ2) is 18.0. The molecule has 0 radical (unpaired) electrons. The molecule has 4 heterocycles. The van der Waals surface area contributed by atoms with E-state index in [-0.39, 0.29) is 66.6 Å². The van der Waals surface area contributed by atoms with Crippen LogP contribution in [-0.4, -0.2) is 80.4 Å². The van der Waals surface area contributed by atoms with E-state index in [0.29, 0.717) is 55.4 Å². The summed E-state index contributed by atoms with van der Waals surface area (Å²) < 4.78 is 2.03. The van der Waals surface area contributed by atoms with E-state index in [1.54, 1.807) is 16.2 Å². The Morgan fingerprint density at radius 2 is 1.78 bits per heavy atom. The van der Waals surface area contributed by atoms with Crippen LogP contribution in [0.3, 0.4) is 0 Å². The van der Waals surface area contributed by atoms with E-state index in [4.69, 9.17) is 22.3 Å². The molecule has 1 saturated heterocycles. The molecule has 2 aliphatic heterocycles. The number of hydrogen-bond acceptors (Lipinski definition) is 9. The lowest BCUT2D eigenvalue weighted by atomic mass is 9.95. The van der Waals surface area contributed by atoms with Gasteiger partial charge < -0.3 is 26.4 Å². The molecule has 5 N–H and O–H groups in total. The Bertz CT molecular complexity index is 2200. The van der Waals surface area contributed by atoms with Crippen molar-refractivity contribution in [2.45, 2.75) is 58.9 Å². The van der Waals surface area contributed by atoms with E-state index in [1.165, 1.54) is 23.1 Å². The number of carbonyl (C=O) groups excluding carboxylic acids is 3. The molecule has 0 spiro atoms. The molecule has 1 fully saturated rings. The zero-order valence-electron chi connectivity index (χ0n) is 30.6. The minimum absolute atomic E-state index is 0. The largest absolute Gasteiger partial charge is 0.478 e. The number of anilines is 1. The average molecular weight is 806 g/mol. The molecule has 0 saturated carbocycles. The second-order valence-corrected chi connectivity index (χ2v) is 14.9. The monoisotopic (exact) mass is 804 g/mol. The lowest BCUT2D eigenvalue weighted by molar-refractivity contribution is -0.136. The van der Waals surface area contributed by atoms with Gasteiger partial charge in [0.1, 0.15) is 16.9 Å². The number of aryl methyl sites for hydroxylation is 2. The summed E-state index contributed by atoms with van der Waals surface area (Å²) >= 11 is 7.89. The molecule has 0 unspecified atom stereocenters. The van der Waals surface area contributed by atoms with E-state index in [2.05, 4.69) is 46.5 Å².